The van der Waals surface area contributed by atoms with Crippen LogP contribution >= 0.6 is 0 Å². The molecule has 168 valence electrons. The maximum Gasteiger partial charge on any atom is 0.349 e. The first-order valence-corrected chi connectivity index (χ1v) is 10.2. The van der Waals surface area contributed by atoms with Crippen molar-refractivity contribution in [1.29, 1.82) is 0 Å². The smallest absolute Gasteiger partial charge is 0.349 e. The molecule has 0 aliphatic heterocycles. The minimum absolute atomic E-state index is 0.115. The first-order valence-electron chi connectivity index (χ1n) is 10.2. The number of para-hydroxylation sites is 1. The summed E-state index contributed by atoms with van der Waals surface area (Å²) in [6, 6.07) is 13.5. The van der Waals surface area contributed by atoms with E-state index in [1.54, 1.807) is 18.2 Å². The van der Waals surface area contributed by atoms with Gasteiger partial charge in [-0.05, 0) is 35.7 Å². The van der Waals surface area contributed by atoms with Crippen LogP contribution in [0.1, 0.15) is 35.7 Å². The van der Waals surface area contributed by atoms with Crippen molar-refractivity contribution in [1.82, 2.24) is 5.32 Å². The topological polar surface area (TPSA) is 104 Å². The number of rotatable bonds is 9. The molecule has 0 spiro atoms. The molecule has 0 fully saturated rings. The van der Waals surface area contributed by atoms with Crippen molar-refractivity contribution in [2.24, 2.45) is 0 Å². The summed E-state index contributed by atoms with van der Waals surface area (Å²) in [6.07, 6.45) is 0. The molecule has 1 aromatic heterocycles. The van der Waals surface area contributed by atoms with E-state index in [-0.39, 0.29) is 36.0 Å². The first-order chi connectivity index (χ1) is 15.4. The molecule has 1 heterocycles. The molecular weight excluding hydrogens is 414 g/mol. The van der Waals surface area contributed by atoms with Crippen LogP contribution < -0.4 is 20.4 Å². The van der Waals surface area contributed by atoms with Crippen LogP contribution in [0.4, 0.5) is 0 Å². The standard InChI is InChI=1S/C24H25NO7/c1-15(2)18-6-4-5-7-20(18)30-14-22(26)31-17-9-8-16-12-19(23(27)25-10-11-29-3)24(28)32-21(16)13-17/h4-9,12-13,15H,10-11,14H2,1-3H3,(H,25,27). The van der Waals surface area contributed by atoms with Crippen LogP contribution in [-0.4, -0.2) is 38.7 Å². The Morgan fingerprint density at radius 1 is 1.09 bits per heavy atom. The molecule has 0 bridgehead atoms. The van der Waals surface area contributed by atoms with Gasteiger partial charge < -0.3 is 23.9 Å². The van der Waals surface area contributed by atoms with E-state index in [0.29, 0.717) is 17.7 Å². The molecule has 0 saturated heterocycles. The third kappa shape index (κ3) is 5.73. The van der Waals surface area contributed by atoms with Crippen molar-refractivity contribution in [3.63, 3.8) is 0 Å². The van der Waals surface area contributed by atoms with Gasteiger partial charge in [-0.1, -0.05) is 32.0 Å². The predicted molar refractivity (Wildman–Crippen MR) is 118 cm³/mol. The summed E-state index contributed by atoms with van der Waals surface area (Å²) in [7, 11) is 1.51. The fourth-order valence-corrected chi connectivity index (χ4v) is 3.06. The molecule has 0 radical (unpaired) electrons. The lowest BCUT2D eigenvalue weighted by Gasteiger charge is -2.13. The van der Waals surface area contributed by atoms with Gasteiger partial charge in [0, 0.05) is 25.1 Å². The summed E-state index contributed by atoms with van der Waals surface area (Å²) in [5.41, 5.74) is 0.287. The fourth-order valence-electron chi connectivity index (χ4n) is 3.06. The van der Waals surface area contributed by atoms with Gasteiger partial charge in [0.2, 0.25) is 0 Å². The van der Waals surface area contributed by atoms with Gasteiger partial charge in [0.1, 0.15) is 22.6 Å². The number of methoxy groups -OCH3 is 1. The van der Waals surface area contributed by atoms with E-state index in [4.69, 9.17) is 18.6 Å². The third-order valence-corrected chi connectivity index (χ3v) is 4.66. The number of benzene rings is 2. The summed E-state index contributed by atoms with van der Waals surface area (Å²) < 4.78 is 21.0. The number of ether oxygens (including phenoxy) is 3. The second-order valence-electron chi connectivity index (χ2n) is 7.35. The molecule has 0 aliphatic rings. The van der Waals surface area contributed by atoms with Gasteiger partial charge >= 0.3 is 11.6 Å². The molecule has 8 nitrogen and oxygen atoms in total. The zero-order chi connectivity index (χ0) is 23.1. The largest absolute Gasteiger partial charge is 0.482 e. The van der Waals surface area contributed by atoms with Crippen LogP contribution in [0.2, 0.25) is 0 Å². The quantitative estimate of drug-likeness (QED) is 0.236. The highest BCUT2D eigenvalue weighted by Crippen LogP contribution is 2.26. The average molecular weight is 439 g/mol. The molecular formula is C24H25NO7. The molecule has 0 aliphatic carbocycles. The normalized spacial score (nSPS) is 10.9. The number of hydrogen-bond donors (Lipinski definition) is 1. The second-order valence-corrected chi connectivity index (χ2v) is 7.35. The number of carbonyl (C=O) groups excluding carboxylic acids is 2. The molecule has 3 rings (SSSR count). The zero-order valence-electron chi connectivity index (χ0n) is 18.2. The van der Waals surface area contributed by atoms with E-state index in [0.717, 1.165) is 5.56 Å². The highest BCUT2D eigenvalue weighted by Gasteiger charge is 2.15. The molecule has 2 aromatic carbocycles. The predicted octanol–water partition coefficient (Wildman–Crippen LogP) is 3.28. The number of fused-ring (bicyclic) bond motifs is 1. The van der Waals surface area contributed by atoms with Crippen LogP contribution in [0, 0.1) is 0 Å². The van der Waals surface area contributed by atoms with Crippen LogP contribution in [-0.2, 0) is 9.53 Å². The highest BCUT2D eigenvalue weighted by molar-refractivity contribution is 5.96. The van der Waals surface area contributed by atoms with Crippen LogP contribution in [0.15, 0.2) is 57.7 Å². The molecule has 8 heteroatoms. The minimum Gasteiger partial charge on any atom is -0.482 e. The molecule has 1 N–H and O–H groups in total. The monoisotopic (exact) mass is 439 g/mol. The lowest BCUT2D eigenvalue weighted by Crippen LogP contribution is -2.30. The van der Waals surface area contributed by atoms with E-state index in [1.807, 2.05) is 32.0 Å². The van der Waals surface area contributed by atoms with Crippen molar-refractivity contribution in [3.8, 4) is 11.5 Å². The van der Waals surface area contributed by atoms with Gasteiger partial charge in [-0.2, -0.15) is 0 Å². The van der Waals surface area contributed by atoms with Crippen LogP contribution in [0.5, 0.6) is 11.5 Å². The van der Waals surface area contributed by atoms with Gasteiger partial charge in [-0.25, -0.2) is 9.59 Å². The van der Waals surface area contributed by atoms with Crippen molar-refractivity contribution in [3.05, 3.63) is 70.1 Å². The number of esters is 1. The highest BCUT2D eigenvalue weighted by atomic mass is 16.6. The van der Waals surface area contributed by atoms with Crippen molar-refractivity contribution in [2.75, 3.05) is 26.9 Å². The van der Waals surface area contributed by atoms with Gasteiger partial charge in [0.25, 0.3) is 5.91 Å². The molecule has 0 atom stereocenters. The Balaban J connectivity index is 1.68. The van der Waals surface area contributed by atoms with Crippen molar-refractivity contribution in [2.45, 2.75) is 19.8 Å². The number of amides is 1. The summed E-state index contributed by atoms with van der Waals surface area (Å²) in [5, 5.41) is 3.09. The summed E-state index contributed by atoms with van der Waals surface area (Å²) in [4.78, 5) is 36.6. The van der Waals surface area contributed by atoms with E-state index >= 15 is 0 Å². The Hall–Kier alpha value is -3.65. The summed E-state index contributed by atoms with van der Waals surface area (Å²) in [5.74, 6) is -0.0760. The Kier molecular flexibility index (Phi) is 7.62. The van der Waals surface area contributed by atoms with Crippen molar-refractivity contribution < 1.29 is 28.2 Å². The summed E-state index contributed by atoms with van der Waals surface area (Å²) >= 11 is 0. The lowest BCUT2D eigenvalue weighted by molar-refractivity contribution is -0.136. The molecule has 0 saturated carbocycles. The van der Waals surface area contributed by atoms with E-state index in [2.05, 4.69) is 5.32 Å². The van der Waals surface area contributed by atoms with E-state index in [1.165, 1.54) is 19.2 Å². The maximum absolute atomic E-state index is 12.2. The van der Waals surface area contributed by atoms with Crippen LogP contribution in [0.3, 0.4) is 0 Å². The van der Waals surface area contributed by atoms with Crippen molar-refractivity contribution >= 4 is 22.8 Å². The number of carbonyl (C=O) groups is 2. The van der Waals surface area contributed by atoms with Gasteiger partial charge in [-0.15, -0.1) is 0 Å². The van der Waals surface area contributed by atoms with Crippen LogP contribution in [0.25, 0.3) is 11.0 Å². The second kappa shape index (κ2) is 10.6. The van der Waals surface area contributed by atoms with E-state index in [9.17, 15) is 14.4 Å². The fraction of sp³-hybridized carbons (Fsp3) is 0.292. The molecule has 1 amide bonds. The van der Waals surface area contributed by atoms with E-state index < -0.39 is 17.5 Å². The Morgan fingerprint density at radius 3 is 2.62 bits per heavy atom. The Morgan fingerprint density at radius 2 is 1.88 bits per heavy atom. The average Bonchev–Trinajstić information content (AvgIpc) is 2.77. The zero-order valence-corrected chi connectivity index (χ0v) is 18.2. The van der Waals surface area contributed by atoms with Gasteiger partial charge in [0.05, 0.1) is 6.61 Å². The number of hydrogen-bond acceptors (Lipinski definition) is 7. The molecule has 3 aromatic rings. The van der Waals surface area contributed by atoms with Gasteiger partial charge in [0.15, 0.2) is 6.61 Å². The first kappa shape index (κ1) is 23.0. The number of nitrogens with one attached hydrogen (secondary N) is 1. The third-order valence-electron chi connectivity index (χ3n) is 4.66. The minimum atomic E-state index is -0.787. The SMILES string of the molecule is COCCNC(=O)c1cc2ccc(OC(=O)COc3ccccc3C(C)C)cc2oc1=O. The summed E-state index contributed by atoms with van der Waals surface area (Å²) in [6.45, 7) is 4.40. The Labute approximate surface area is 185 Å². The van der Waals surface area contributed by atoms with Gasteiger partial charge in [-0.3, -0.25) is 4.79 Å². The molecule has 32 heavy (non-hydrogen) atoms. The molecule has 0 unspecified atom stereocenters. The Bertz CT molecular complexity index is 1170. The maximum atomic E-state index is 12.2. The lowest BCUT2D eigenvalue weighted by atomic mass is 10.0.